The maximum atomic E-state index is 13.2. The van der Waals surface area contributed by atoms with Gasteiger partial charge in [0.05, 0.1) is 21.7 Å². The number of carbonyl (C=O) groups is 1. The lowest BCUT2D eigenvalue weighted by atomic mass is 10.2. The van der Waals surface area contributed by atoms with Crippen molar-refractivity contribution in [3.05, 3.63) is 100 Å². The highest BCUT2D eigenvalue weighted by atomic mass is 32.2. The molecule has 164 valence electrons. The number of amides is 1. The molecule has 0 atom stereocenters. The first-order chi connectivity index (χ1) is 15.3. The number of rotatable bonds is 8. The van der Waals surface area contributed by atoms with E-state index in [4.69, 9.17) is 0 Å². The lowest BCUT2D eigenvalue weighted by Crippen LogP contribution is -2.39. The van der Waals surface area contributed by atoms with Gasteiger partial charge in [0.15, 0.2) is 0 Å². The first kappa shape index (κ1) is 22.6. The fraction of sp³-hybridized carbons (Fsp3) is 0.0909. The van der Waals surface area contributed by atoms with E-state index in [9.17, 15) is 23.3 Å². The molecule has 3 rings (SSSR count). The molecule has 0 fully saturated rings. The molecule has 0 saturated heterocycles. The average Bonchev–Trinajstić information content (AvgIpc) is 2.79. The SMILES string of the molecule is Cc1ccc(/C=N\NC(=O)CN(c2cccc([N+](=O)[O-])c2)S(=O)(=O)c2ccccc2)cc1. The summed E-state index contributed by atoms with van der Waals surface area (Å²) in [7, 11) is -4.18. The van der Waals surface area contributed by atoms with Crippen LogP contribution in [0.2, 0.25) is 0 Å². The molecular weight excluding hydrogens is 432 g/mol. The maximum absolute atomic E-state index is 13.2. The van der Waals surface area contributed by atoms with Gasteiger partial charge in [-0.3, -0.25) is 19.2 Å². The highest BCUT2D eigenvalue weighted by Gasteiger charge is 2.28. The number of nitro groups is 1. The number of hydrazone groups is 1. The molecule has 0 aliphatic heterocycles. The van der Waals surface area contributed by atoms with Gasteiger partial charge in [-0.2, -0.15) is 5.10 Å². The van der Waals surface area contributed by atoms with E-state index in [2.05, 4.69) is 10.5 Å². The van der Waals surface area contributed by atoms with Crippen LogP contribution in [0.5, 0.6) is 0 Å². The van der Waals surface area contributed by atoms with Gasteiger partial charge in [-0.05, 0) is 30.7 Å². The molecule has 0 saturated carbocycles. The number of carbonyl (C=O) groups excluding carboxylic acids is 1. The van der Waals surface area contributed by atoms with Crippen molar-refractivity contribution in [3.8, 4) is 0 Å². The molecule has 1 N–H and O–H groups in total. The molecule has 9 nitrogen and oxygen atoms in total. The molecule has 0 radical (unpaired) electrons. The highest BCUT2D eigenvalue weighted by molar-refractivity contribution is 7.92. The topological polar surface area (TPSA) is 122 Å². The maximum Gasteiger partial charge on any atom is 0.271 e. The molecule has 0 aliphatic rings. The summed E-state index contributed by atoms with van der Waals surface area (Å²) in [5, 5.41) is 15.0. The number of nitrogens with zero attached hydrogens (tertiary/aromatic N) is 3. The van der Waals surface area contributed by atoms with Crippen LogP contribution >= 0.6 is 0 Å². The van der Waals surface area contributed by atoms with Crippen LogP contribution in [-0.2, 0) is 14.8 Å². The van der Waals surface area contributed by atoms with Gasteiger partial charge in [0.2, 0.25) is 0 Å². The van der Waals surface area contributed by atoms with E-state index in [1.807, 2.05) is 31.2 Å². The van der Waals surface area contributed by atoms with E-state index < -0.39 is 27.4 Å². The van der Waals surface area contributed by atoms with E-state index in [1.165, 1.54) is 36.5 Å². The molecule has 3 aromatic carbocycles. The Kier molecular flexibility index (Phi) is 6.96. The van der Waals surface area contributed by atoms with Gasteiger partial charge in [-0.15, -0.1) is 0 Å². The standard InChI is InChI=1S/C22H20N4O5S/c1-17-10-12-18(13-11-17)15-23-24-22(27)16-25(19-6-5-7-20(14-19)26(28)29)32(30,31)21-8-3-2-4-9-21/h2-15H,16H2,1H3,(H,24,27)/b23-15-. The quantitative estimate of drug-likeness (QED) is 0.319. The average molecular weight is 452 g/mol. The van der Waals surface area contributed by atoms with Crippen LogP contribution in [0.1, 0.15) is 11.1 Å². The second-order valence-electron chi connectivity index (χ2n) is 6.81. The van der Waals surface area contributed by atoms with Crippen molar-refractivity contribution in [2.24, 2.45) is 5.10 Å². The van der Waals surface area contributed by atoms with Crippen molar-refractivity contribution in [2.75, 3.05) is 10.8 Å². The molecule has 0 aliphatic carbocycles. The normalized spacial score (nSPS) is 11.3. The first-order valence-corrected chi connectivity index (χ1v) is 10.9. The molecule has 10 heteroatoms. The molecule has 0 unspecified atom stereocenters. The smallest absolute Gasteiger partial charge is 0.271 e. The summed E-state index contributed by atoms with van der Waals surface area (Å²) in [6, 6.07) is 20.0. The number of nitrogens with one attached hydrogen (secondary N) is 1. The third-order valence-corrected chi connectivity index (χ3v) is 6.22. The van der Waals surface area contributed by atoms with Crippen LogP contribution in [-0.4, -0.2) is 32.0 Å². The van der Waals surface area contributed by atoms with Gasteiger partial charge in [0, 0.05) is 12.1 Å². The number of anilines is 1. The highest BCUT2D eigenvalue weighted by Crippen LogP contribution is 2.26. The molecule has 3 aromatic rings. The number of aryl methyl sites for hydroxylation is 1. The van der Waals surface area contributed by atoms with Gasteiger partial charge < -0.3 is 0 Å². The zero-order valence-electron chi connectivity index (χ0n) is 17.1. The zero-order valence-corrected chi connectivity index (χ0v) is 17.9. The van der Waals surface area contributed by atoms with E-state index in [0.717, 1.165) is 21.5 Å². The van der Waals surface area contributed by atoms with Crippen LogP contribution in [0.25, 0.3) is 0 Å². The molecule has 32 heavy (non-hydrogen) atoms. The lowest BCUT2D eigenvalue weighted by Gasteiger charge is -2.23. The van der Waals surface area contributed by atoms with Gasteiger partial charge in [0.25, 0.3) is 21.6 Å². The predicted molar refractivity (Wildman–Crippen MR) is 121 cm³/mol. The fourth-order valence-electron chi connectivity index (χ4n) is 2.79. The number of non-ortho nitro benzene ring substituents is 1. The Morgan fingerprint density at radius 3 is 2.41 bits per heavy atom. The molecule has 0 aromatic heterocycles. The summed E-state index contributed by atoms with van der Waals surface area (Å²) in [5.74, 6) is -0.709. The minimum absolute atomic E-state index is 0.0132. The number of hydrogen-bond acceptors (Lipinski definition) is 6. The second kappa shape index (κ2) is 9.84. The molecule has 0 bridgehead atoms. The number of benzene rings is 3. The summed E-state index contributed by atoms with van der Waals surface area (Å²) in [6.45, 7) is 1.32. The van der Waals surface area contributed by atoms with Gasteiger partial charge in [0.1, 0.15) is 6.54 Å². The Bertz CT molecular complexity index is 1240. The molecule has 0 spiro atoms. The molecule has 1 amide bonds. The number of hydrogen-bond donors (Lipinski definition) is 1. The summed E-state index contributed by atoms with van der Waals surface area (Å²) < 4.78 is 27.2. The number of nitro benzene ring substituents is 1. The van der Waals surface area contributed by atoms with Crippen LogP contribution in [0.15, 0.2) is 88.9 Å². The molecule has 0 heterocycles. The molecular formula is C22H20N4O5S. The van der Waals surface area contributed by atoms with Gasteiger partial charge >= 0.3 is 0 Å². The minimum Gasteiger partial charge on any atom is -0.271 e. The van der Waals surface area contributed by atoms with Crippen molar-refractivity contribution in [2.45, 2.75) is 11.8 Å². The number of sulfonamides is 1. The fourth-order valence-corrected chi connectivity index (χ4v) is 4.23. The van der Waals surface area contributed by atoms with Crippen molar-refractivity contribution < 1.29 is 18.1 Å². The van der Waals surface area contributed by atoms with E-state index in [-0.39, 0.29) is 16.3 Å². The van der Waals surface area contributed by atoms with Crippen LogP contribution in [0, 0.1) is 17.0 Å². The van der Waals surface area contributed by atoms with Gasteiger partial charge in [-0.25, -0.2) is 13.8 Å². The van der Waals surface area contributed by atoms with Crippen LogP contribution in [0.4, 0.5) is 11.4 Å². The van der Waals surface area contributed by atoms with Crippen LogP contribution < -0.4 is 9.73 Å². The van der Waals surface area contributed by atoms with Crippen molar-refractivity contribution in [3.63, 3.8) is 0 Å². The summed E-state index contributed by atoms with van der Waals surface area (Å²) in [4.78, 5) is 23.0. The van der Waals surface area contributed by atoms with Crippen LogP contribution in [0.3, 0.4) is 0 Å². The van der Waals surface area contributed by atoms with Crippen molar-refractivity contribution in [1.29, 1.82) is 0 Å². The van der Waals surface area contributed by atoms with Crippen molar-refractivity contribution in [1.82, 2.24) is 5.43 Å². The third kappa shape index (κ3) is 5.55. The van der Waals surface area contributed by atoms with E-state index in [1.54, 1.807) is 18.2 Å². The summed E-state index contributed by atoms with van der Waals surface area (Å²) in [6.07, 6.45) is 1.43. The zero-order chi connectivity index (χ0) is 23.1. The Hall–Kier alpha value is -4.05. The summed E-state index contributed by atoms with van der Waals surface area (Å²) >= 11 is 0. The summed E-state index contributed by atoms with van der Waals surface area (Å²) in [5.41, 5.74) is 3.81. The lowest BCUT2D eigenvalue weighted by molar-refractivity contribution is -0.384. The monoisotopic (exact) mass is 452 g/mol. The third-order valence-electron chi connectivity index (χ3n) is 4.43. The minimum atomic E-state index is -4.18. The Balaban J connectivity index is 1.87. The van der Waals surface area contributed by atoms with E-state index in [0.29, 0.717) is 0 Å². The Morgan fingerprint density at radius 1 is 1.06 bits per heavy atom. The Morgan fingerprint density at radius 2 is 1.75 bits per heavy atom. The Labute approximate surface area is 185 Å². The second-order valence-corrected chi connectivity index (χ2v) is 8.67. The van der Waals surface area contributed by atoms with E-state index >= 15 is 0 Å². The first-order valence-electron chi connectivity index (χ1n) is 9.48. The predicted octanol–water partition coefficient (Wildman–Crippen LogP) is 3.25. The van der Waals surface area contributed by atoms with Gasteiger partial charge in [-0.1, -0.05) is 54.1 Å². The van der Waals surface area contributed by atoms with Crippen molar-refractivity contribution >= 4 is 33.5 Å². The largest absolute Gasteiger partial charge is 0.271 e.